The van der Waals surface area contributed by atoms with Gasteiger partial charge in [-0.3, -0.25) is 9.59 Å². The topological polar surface area (TPSA) is 82.7 Å². The fraction of sp³-hybridized carbons (Fsp3) is 0.926. The smallest absolute Gasteiger partial charge is 0.237 e. The van der Waals surface area contributed by atoms with Gasteiger partial charge in [0.25, 0.3) is 0 Å². The molecule has 2 amide bonds. The van der Waals surface area contributed by atoms with Gasteiger partial charge in [0.15, 0.2) is 0 Å². The summed E-state index contributed by atoms with van der Waals surface area (Å²) in [5.74, 6) is 2.56. The van der Waals surface area contributed by atoms with E-state index in [1.54, 1.807) is 7.11 Å². The highest BCUT2D eigenvalue weighted by Crippen LogP contribution is 2.36. The van der Waals surface area contributed by atoms with Crippen LogP contribution in [0.4, 0.5) is 0 Å². The summed E-state index contributed by atoms with van der Waals surface area (Å²) in [6, 6.07) is 0.509. The molecule has 0 spiro atoms. The van der Waals surface area contributed by atoms with E-state index < -0.39 is 0 Å². The number of carbonyl (C=O) groups excluding carboxylic acids is 2. The maximum absolute atomic E-state index is 13.3. The average molecular weight is 477 g/mol. The monoisotopic (exact) mass is 476 g/mol. The van der Waals surface area contributed by atoms with Crippen LogP contribution in [0.1, 0.15) is 77.6 Å². The number of rotatable bonds is 9. The van der Waals surface area contributed by atoms with Crippen LogP contribution in [0.15, 0.2) is 0 Å². The molecule has 0 radical (unpaired) electrons. The van der Waals surface area contributed by atoms with Gasteiger partial charge in [-0.25, -0.2) is 0 Å². The van der Waals surface area contributed by atoms with Crippen molar-refractivity contribution in [2.75, 3.05) is 39.8 Å². The molecule has 3 aliphatic heterocycles. The number of piperidine rings is 2. The highest BCUT2D eigenvalue weighted by molar-refractivity contribution is 5.82. The van der Waals surface area contributed by atoms with Crippen LogP contribution >= 0.6 is 0 Å². The summed E-state index contributed by atoms with van der Waals surface area (Å²) >= 11 is 0. The summed E-state index contributed by atoms with van der Waals surface area (Å²) in [5, 5.41) is 10.1. The zero-order chi connectivity index (χ0) is 23.9. The molecule has 0 bridgehead atoms. The summed E-state index contributed by atoms with van der Waals surface area (Å²) in [6.45, 7) is 6.93. The molecule has 7 heteroatoms. The van der Waals surface area contributed by atoms with Gasteiger partial charge in [0.1, 0.15) is 0 Å². The van der Waals surface area contributed by atoms with Gasteiger partial charge >= 0.3 is 0 Å². The van der Waals surface area contributed by atoms with Gasteiger partial charge in [0, 0.05) is 38.7 Å². The second-order valence-corrected chi connectivity index (χ2v) is 11.3. The molecule has 3 saturated heterocycles. The minimum Gasteiger partial charge on any atom is -0.381 e. The number of carbonyl (C=O) groups is 2. The van der Waals surface area contributed by atoms with Gasteiger partial charge in [0.05, 0.1) is 12.1 Å². The van der Waals surface area contributed by atoms with Gasteiger partial charge in [-0.2, -0.15) is 0 Å². The molecule has 4 aliphatic rings. The van der Waals surface area contributed by atoms with E-state index in [1.165, 1.54) is 6.42 Å². The Bertz CT molecular complexity index is 652. The standard InChI is InChI=1S/C27H48N4O3/c1-3-20-7-8-22(34-2)17-23(20)27(33)31-14-10-19(11-15-31)6-4-5-12-29-26(32)25-16-21-18-28-13-9-24(21)30-25/h19-25,28,30H,3-18H2,1-2H3,(H,29,32). The number of likely N-dealkylation sites (tertiary alicyclic amines) is 1. The van der Waals surface area contributed by atoms with E-state index in [0.29, 0.717) is 29.7 Å². The molecule has 194 valence electrons. The van der Waals surface area contributed by atoms with Crippen molar-refractivity contribution in [3.05, 3.63) is 0 Å². The second kappa shape index (κ2) is 12.7. The molecule has 6 unspecified atom stereocenters. The molecule has 7 nitrogen and oxygen atoms in total. The van der Waals surface area contributed by atoms with Crippen LogP contribution in [-0.2, 0) is 14.3 Å². The summed E-state index contributed by atoms with van der Waals surface area (Å²) in [4.78, 5) is 27.9. The minimum atomic E-state index is -0.00703. The predicted octanol–water partition coefficient (Wildman–Crippen LogP) is 2.69. The Morgan fingerprint density at radius 2 is 1.88 bits per heavy atom. The lowest BCUT2D eigenvalue weighted by Gasteiger charge is -2.39. The first kappa shape index (κ1) is 25.9. The van der Waals surface area contributed by atoms with Crippen molar-refractivity contribution in [3.8, 4) is 0 Å². The Morgan fingerprint density at radius 1 is 1.06 bits per heavy atom. The number of nitrogens with one attached hydrogen (secondary N) is 3. The number of hydrogen-bond acceptors (Lipinski definition) is 5. The van der Waals surface area contributed by atoms with Crippen LogP contribution in [0.2, 0.25) is 0 Å². The van der Waals surface area contributed by atoms with Crippen LogP contribution in [0.3, 0.4) is 0 Å². The molecular weight excluding hydrogens is 428 g/mol. The zero-order valence-corrected chi connectivity index (χ0v) is 21.5. The van der Waals surface area contributed by atoms with Crippen molar-refractivity contribution >= 4 is 11.8 Å². The van der Waals surface area contributed by atoms with Crippen molar-refractivity contribution in [1.29, 1.82) is 0 Å². The maximum Gasteiger partial charge on any atom is 0.237 e. The van der Waals surface area contributed by atoms with E-state index in [2.05, 4.69) is 27.8 Å². The summed E-state index contributed by atoms with van der Waals surface area (Å²) < 4.78 is 5.60. The Morgan fingerprint density at radius 3 is 2.62 bits per heavy atom. The molecule has 1 saturated carbocycles. The van der Waals surface area contributed by atoms with Gasteiger partial charge in [-0.05, 0) is 82.2 Å². The zero-order valence-electron chi connectivity index (χ0n) is 21.5. The van der Waals surface area contributed by atoms with E-state index in [4.69, 9.17) is 4.74 Å². The van der Waals surface area contributed by atoms with Crippen LogP contribution in [0.25, 0.3) is 0 Å². The third kappa shape index (κ3) is 6.52. The second-order valence-electron chi connectivity index (χ2n) is 11.3. The molecule has 0 aromatic rings. The first-order valence-corrected chi connectivity index (χ1v) is 14.1. The van der Waals surface area contributed by atoms with E-state index in [-0.39, 0.29) is 24.0 Å². The molecule has 6 atom stereocenters. The Labute approximate surface area is 206 Å². The summed E-state index contributed by atoms with van der Waals surface area (Å²) in [5.41, 5.74) is 0. The van der Waals surface area contributed by atoms with Crippen molar-refractivity contribution in [1.82, 2.24) is 20.9 Å². The molecule has 0 aromatic carbocycles. The SMILES string of the molecule is CCC1CCC(OC)CC1C(=O)N1CCC(CCCCNC(=O)C2CC3CNCCC3N2)CC1. The first-order valence-electron chi connectivity index (χ1n) is 14.1. The van der Waals surface area contributed by atoms with Crippen molar-refractivity contribution < 1.29 is 14.3 Å². The summed E-state index contributed by atoms with van der Waals surface area (Å²) in [7, 11) is 1.78. The quantitative estimate of drug-likeness (QED) is 0.446. The lowest BCUT2D eigenvalue weighted by Crippen LogP contribution is -2.46. The number of nitrogens with zero attached hydrogens (tertiary/aromatic N) is 1. The highest BCUT2D eigenvalue weighted by atomic mass is 16.5. The molecule has 4 fully saturated rings. The molecule has 34 heavy (non-hydrogen) atoms. The van der Waals surface area contributed by atoms with E-state index in [0.717, 1.165) is 96.9 Å². The Hall–Kier alpha value is -1.18. The van der Waals surface area contributed by atoms with Gasteiger partial charge < -0.3 is 25.6 Å². The predicted molar refractivity (Wildman–Crippen MR) is 134 cm³/mol. The number of ether oxygens (including phenoxy) is 1. The number of amides is 2. The lowest BCUT2D eigenvalue weighted by atomic mass is 9.75. The van der Waals surface area contributed by atoms with E-state index in [9.17, 15) is 9.59 Å². The fourth-order valence-corrected chi connectivity index (χ4v) is 6.97. The normalized spacial score (nSPS) is 34.6. The van der Waals surface area contributed by atoms with Gasteiger partial charge in [-0.1, -0.05) is 26.2 Å². The highest BCUT2D eigenvalue weighted by Gasteiger charge is 2.39. The molecule has 3 heterocycles. The third-order valence-corrected chi connectivity index (χ3v) is 9.26. The van der Waals surface area contributed by atoms with Crippen molar-refractivity contribution in [2.24, 2.45) is 23.7 Å². The number of hydrogen-bond donors (Lipinski definition) is 3. The Kier molecular flexibility index (Phi) is 9.66. The number of fused-ring (bicyclic) bond motifs is 1. The molecule has 3 N–H and O–H groups in total. The van der Waals surface area contributed by atoms with E-state index in [1.807, 2.05) is 0 Å². The maximum atomic E-state index is 13.3. The first-order chi connectivity index (χ1) is 16.6. The molecule has 4 rings (SSSR count). The van der Waals surface area contributed by atoms with E-state index >= 15 is 0 Å². The largest absolute Gasteiger partial charge is 0.381 e. The lowest BCUT2D eigenvalue weighted by molar-refractivity contribution is -0.142. The van der Waals surface area contributed by atoms with Crippen LogP contribution in [0, 0.1) is 23.7 Å². The molecule has 1 aliphatic carbocycles. The molecule has 0 aromatic heterocycles. The van der Waals surface area contributed by atoms with Gasteiger partial charge in [-0.15, -0.1) is 0 Å². The van der Waals surface area contributed by atoms with Crippen LogP contribution in [0.5, 0.6) is 0 Å². The minimum absolute atomic E-state index is 0.00703. The third-order valence-electron chi connectivity index (χ3n) is 9.26. The summed E-state index contributed by atoms with van der Waals surface area (Å²) in [6.07, 6.45) is 12.2. The van der Waals surface area contributed by atoms with Gasteiger partial charge in [0.2, 0.25) is 11.8 Å². The van der Waals surface area contributed by atoms with Crippen LogP contribution in [-0.4, -0.2) is 74.7 Å². The average Bonchev–Trinajstić information content (AvgIpc) is 3.32. The van der Waals surface area contributed by atoms with Crippen molar-refractivity contribution in [2.45, 2.75) is 95.7 Å². The number of methoxy groups -OCH3 is 1. The number of unbranched alkanes of at least 4 members (excludes halogenated alkanes) is 1. The molecular formula is C27H48N4O3. The fourth-order valence-electron chi connectivity index (χ4n) is 6.97. The van der Waals surface area contributed by atoms with Crippen LogP contribution < -0.4 is 16.0 Å². The Balaban J connectivity index is 1.09. The van der Waals surface area contributed by atoms with Crippen molar-refractivity contribution in [3.63, 3.8) is 0 Å².